The molecule has 0 saturated heterocycles. The third-order valence-electron chi connectivity index (χ3n) is 4.39. The summed E-state index contributed by atoms with van der Waals surface area (Å²) >= 11 is 1.43. The van der Waals surface area contributed by atoms with E-state index in [0.29, 0.717) is 10.7 Å². The van der Waals surface area contributed by atoms with E-state index in [1.54, 1.807) is 32.4 Å². The summed E-state index contributed by atoms with van der Waals surface area (Å²) < 4.78 is 11.1. The van der Waals surface area contributed by atoms with Crippen LogP contribution in [-0.4, -0.2) is 25.1 Å². The number of nitrogens with one attached hydrogen (secondary N) is 1. The lowest BCUT2D eigenvalue weighted by Gasteiger charge is -2.01. The first-order valence-electron chi connectivity index (χ1n) is 10.4. The summed E-state index contributed by atoms with van der Waals surface area (Å²) in [6, 6.07) is 21.1. The average Bonchev–Trinajstić information content (AvgIpc) is 3.22. The van der Waals surface area contributed by atoms with E-state index in [1.807, 2.05) is 68.4 Å². The van der Waals surface area contributed by atoms with Gasteiger partial charge in [0.2, 0.25) is 0 Å². The number of carbonyl (C=O) groups is 1. The van der Waals surface area contributed by atoms with Crippen LogP contribution in [0.1, 0.15) is 28.4 Å². The minimum absolute atomic E-state index is 0.152. The van der Waals surface area contributed by atoms with Crippen LogP contribution in [0.2, 0.25) is 0 Å². The molecule has 0 aliphatic carbocycles. The Hall–Kier alpha value is -3.64. The molecule has 1 heterocycles. The van der Waals surface area contributed by atoms with Gasteiger partial charge in [-0.1, -0.05) is 52.8 Å². The van der Waals surface area contributed by atoms with Gasteiger partial charge in [0.15, 0.2) is 5.13 Å². The fraction of sp³-hybridized carbons (Fsp3) is 0.185. The molecule has 0 atom stereocenters. The zero-order chi connectivity index (χ0) is 24.2. The maximum Gasteiger partial charge on any atom is 0.257 e. The van der Waals surface area contributed by atoms with Crippen molar-refractivity contribution >= 4 is 32.6 Å². The van der Waals surface area contributed by atoms with Crippen molar-refractivity contribution in [2.45, 2.75) is 20.8 Å². The maximum absolute atomic E-state index is 12.2. The molecule has 1 N–H and O–H groups in total. The highest BCUT2D eigenvalue weighted by Gasteiger charge is 2.10. The molecular formula is C27H30N2O3S. The Morgan fingerprint density at radius 1 is 0.909 bits per heavy atom. The summed E-state index contributed by atoms with van der Waals surface area (Å²) in [6.07, 6.45) is 1.75. The quantitative estimate of drug-likeness (QED) is 0.330. The molecule has 0 bridgehead atoms. The minimum atomic E-state index is -0.152. The first-order valence-corrected chi connectivity index (χ1v) is 11.2. The number of allylic oxidation sites excluding steroid dienone is 1. The number of benzene rings is 3. The monoisotopic (exact) mass is 462 g/mol. The number of hydrogen-bond acceptors (Lipinski definition) is 5. The number of aryl methyl sites for hydroxylation is 2. The van der Waals surface area contributed by atoms with Crippen molar-refractivity contribution in [2.24, 2.45) is 0 Å². The lowest BCUT2D eigenvalue weighted by Crippen LogP contribution is -2.11. The SMILES string of the molecule is C=CC.COc1ccc(C)cc1.COc1ccc2nc(NC(=O)c3ccc(C)cc3)sc2c1. The predicted molar refractivity (Wildman–Crippen MR) is 139 cm³/mol. The molecule has 172 valence electrons. The highest BCUT2D eigenvalue weighted by Crippen LogP contribution is 2.29. The molecule has 4 aromatic rings. The van der Waals surface area contributed by atoms with Gasteiger partial charge >= 0.3 is 0 Å². The van der Waals surface area contributed by atoms with E-state index < -0.39 is 0 Å². The van der Waals surface area contributed by atoms with Gasteiger partial charge in [-0.05, 0) is 63.2 Å². The molecule has 1 amide bonds. The van der Waals surface area contributed by atoms with Crippen LogP contribution in [0.15, 0.2) is 79.4 Å². The standard InChI is InChI=1S/C16H14N2O2S.C8H10O.C3H6/c1-10-3-5-11(6-4-10)15(19)18-16-17-13-8-7-12(20-2)9-14(13)21-16;1-7-3-5-8(9-2)6-4-7;1-3-2/h3-9H,1-2H3,(H,17,18,19);3-6H,1-2H3;3H,1H2,2H3. The summed E-state index contributed by atoms with van der Waals surface area (Å²) in [5.41, 5.74) is 3.85. The van der Waals surface area contributed by atoms with Crippen molar-refractivity contribution in [1.29, 1.82) is 0 Å². The third kappa shape index (κ3) is 8.09. The predicted octanol–water partition coefficient (Wildman–Crippen LogP) is 7.06. The van der Waals surface area contributed by atoms with Crippen molar-refractivity contribution in [1.82, 2.24) is 4.98 Å². The molecule has 0 aliphatic heterocycles. The van der Waals surface area contributed by atoms with Gasteiger partial charge in [-0.3, -0.25) is 10.1 Å². The number of ether oxygens (including phenoxy) is 2. The summed E-state index contributed by atoms with van der Waals surface area (Å²) in [6.45, 7) is 9.29. The number of aromatic nitrogens is 1. The molecule has 1 aromatic heterocycles. The number of fused-ring (bicyclic) bond motifs is 1. The first-order chi connectivity index (χ1) is 15.9. The van der Waals surface area contributed by atoms with Gasteiger partial charge in [-0.25, -0.2) is 4.98 Å². The van der Waals surface area contributed by atoms with Gasteiger partial charge in [0.25, 0.3) is 5.91 Å². The first kappa shape index (κ1) is 25.6. The third-order valence-corrected chi connectivity index (χ3v) is 5.32. The topological polar surface area (TPSA) is 60.5 Å². The number of anilines is 1. The minimum Gasteiger partial charge on any atom is -0.497 e. The Morgan fingerprint density at radius 2 is 1.42 bits per heavy atom. The fourth-order valence-electron chi connectivity index (χ4n) is 2.63. The average molecular weight is 463 g/mol. The van der Waals surface area contributed by atoms with E-state index in [1.165, 1.54) is 16.9 Å². The molecule has 4 rings (SSSR count). The molecule has 0 radical (unpaired) electrons. The molecule has 3 aromatic carbocycles. The normalized spacial score (nSPS) is 9.61. The van der Waals surface area contributed by atoms with Crippen LogP contribution in [-0.2, 0) is 0 Å². The van der Waals surface area contributed by atoms with Crippen molar-refractivity contribution < 1.29 is 14.3 Å². The van der Waals surface area contributed by atoms with E-state index in [9.17, 15) is 4.79 Å². The van der Waals surface area contributed by atoms with Crippen LogP contribution < -0.4 is 14.8 Å². The molecule has 0 aliphatic rings. The Labute approximate surface area is 199 Å². The highest BCUT2D eigenvalue weighted by atomic mass is 32.1. The van der Waals surface area contributed by atoms with E-state index in [4.69, 9.17) is 9.47 Å². The number of hydrogen-bond donors (Lipinski definition) is 1. The lowest BCUT2D eigenvalue weighted by molar-refractivity contribution is 0.102. The van der Waals surface area contributed by atoms with E-state index in [0.717, 1.165) is 27.3 Å². The van der Waals surface area contributed by atoms with Crippen LogP contribution in [0.4, 0.5) is 5.13 Å². The van der Waals surface area contributed by atoms with Crippen LogP contribution in [0.25, 0.3) is 10.2 Å². The second kappa shape index (κ2) is 13.0. The Morgan fingerprint density at radius 3 is 1.97 bits per heavy atom. The van der Waals surface area contributed by atoms with Crippen LogP contribution in [0, 0.1) is 13.8 Å². The zero-order valence-corrected chi connectivity index (χ0v) is 20.5. The molecule has 5 nitrogen and oxygen atoms in total. The van der Waals surface area contributed by atoms with Crippen molar-refractivity contribution in [3.8, 4) is 11.5 Å². The maximum atomic E-state index is 12.2. The summed E-state index contributed by atoms with van der Waals surface area (Å²) in [7, 11) is 3.30. The highest BCUT2D eigenvalue weighted by molar-refractivity contribution is 7.22. The Kier molecular flexibility index (Phi) is 10.1. The number of nitrogens with zero attached hydrogens (tertiary/aromatic N) is 1. The molecule has 33 heavy (non-hydrogen) atoms. The number of methoxy groups -OCH3 is 2. The van der Waals surface area contributed by atoms with Crippen molar-refractivity contribution in [3.05, 3.63) is 96.1 Å². The summed E-state index contributed by atoms with van der Waals surface area (Å²) in [5, 5.41) is 3.42. The van der Waals surface area contributed by atoms with Crippen molar-refractivity contribution in [3.63, 3.8) is 0 Å². The largest absolute Gasteiger partial charge is 0.497 e. The second-order valence-electron chi connectivity index (χ2n) is 7.10. The van der Waals surface area contributed by atoms with Gasteiger partial charge in [-0.15, -0.1) is 6.58 Å². The van der Waals surface area contributed by atoms with Crippen LogP contribution in [0.3, 0.4) is 0 Å². The van der Waals surface area contributed by atoms with Gasteiger partial charge in [0.1, 0.15) is 11.5 Å². The fourth-order valence-corrected chi connectivity index (χ4v) is 3.52. The molecule has 6 heteroatoms. The smallest absolute Gasteiger partial charge is 0.257 e. The lowest BCUT2D eigenvalue weighted by atomic mass is 10.1. The number of amides is 1. The van der Waals surface area contributed by atoms with Crippen LogP contribution >= 0.6 is 11.3 Å². The second-order valence-corrected chi connectivity index (χ2v) is 8.13. The van der Waals surface area contributed by atoms with E-state index in [-0.39, 0.29) is 5.91 Å². The van der Waals surface area contributed by atoms with E-state index in [2.05, 4.69) is 23.8 Å². The van der Waals surface area contributed by atoms with Gasteiger partial charge in [0.05, 0.1) is 24.4 Å². The summed E-state index contributed by atoms with van der Waals surface area (Å²) in [5.74, 6) is 1.55. The number of rotatable bonds is 4. The number of carbonyl (C=O) groups excluding carboxylic acids is 1. The van der Waals surface area contributed by atoms with Crippen LogP contribution in [0.5, 0.6) is 11.5 Å². The van der Waals surface area contributed by atoms with E-state index >= 15 is 0 Å². The zero-order valence-electron chi connectivity index (χ0n) is 19.7. The van der Waals surface area contributed by atoms with Gasteiger partial charge in [0, 0.05) is 5.56 Å². The van der Waals surface area contributed by atoms with Gasteiger partial charge < -0.3 is 9.47 Å². The molecular weight excluding hydrogens is 432 g/mol. The molecule has 0 fully saturated rings. The molecule has 0 saturated carbocycles. The molecule has 0 unspecified atom stereocenters. The number of thiazole rings is 1. The Balaban J connectivity index is 0.000000267. The van der Waals surface area contributed by atoms with Gasteiger partial charge in [-0.2, -0.15) is 0 Å². The van der Waals surface area contributed by atoms with Crippen molar-refractivity contribution in [2.75, 3.05) is 19.5 Å². The molecule has 0 spiro atoms. The summed E-state index contributed by atoms with van der Waals surface area (Å²) in [4.78, 5) is 16.6. The Bertz CT molecular complexity index is 1170.